The standard InChI is InChI=1S/C16H26N4O2/c1-3-15-14(5-4-10-22-15)16(21)20-8-6-19(7-9-20)13-11-17-18(2)12-13/h11-12,14-15H,3-10H2,1-2H3/t14-,15+/m1/s1. The molecule has 0 aliphatic carbocycles. The zero-order chi connectivity index (χ0) is 15.5. The first kappa shape index (κ1) is 15.3. The zero-order valence-corrected chi connectivity index (χ0v) is 13.6. The molecule has 0 spiro atoms. The molecule has 0 saturated carbocycles. The van der Waals surface area contributed by atoms with Crippen LogP contribution in [0, 0.1) is 5.92 Å². The lowest BCUT2D eigenvalue weighted by Crippen LogP contribution is -2.52. The monoisotopic (exact) mass is 306 g/mol. The fourth-order valence-corrected chi connectivity index (χ4v) is 3.52. The third kappa shape index (κ3) is 3.11. The van der Waals surface area contributed by atoms with Gasteiger partial charge in [-0.2, -0.15) is 5.10 Å². The molecule has 122 valence electrons. The number of piperazine rings is 1. The highest BCUT2D eigenvalue weighted by Crippen LogP contribution is 2.26. The first-order valence-corrected chi connectivity index (χ1v) is 8.33. The van der Waals surface area contributed by atoms with Crippen LogP contribution >= 0.6 is 0 Å². The van der Waals surface area contributed by atoms with Gasteiger partial charge >= 0.3 is 0 Å². The molecule has 3 heterocycles. The molecule has 2 aliphatic rings. The minimum Gasteiger partial charge on any atom is -0.377 e. The lowest BCUT2D eigenvalue weighted by Gasteiger charge is -2.39. The van der Waals surface area contributed by atoms with Crippen molar-refractivity contribution >= 4 is 11.6 Å². The molecule has 0 unspecified atom stereocenters. The van der Waals surface area contributed by atoms with Gasteiger partial charge in [-0.05, 0) is 19.3 Å². The highest BCUT2D eigenvalue weighted by molar-refractivity contribution is 5.80. The number of aryl methyl sites for hydroxylation is 1. The maximum Gasteiger partial charge on any atom is 0.228 e. The molecule has 6 heteroatoms. The molecule has 2 aliphatic heterocycles. The number of nitrogens with zero attached hydrogens (tertiary/aromatic N) is 4. The molecule has 2 fully saturated rings. The van der Waals surface area contributed by atoms with Crippen molar-refractivity contribution in [2.75, 3.05) is 37.7 Å². The van der Waals surface area contributed by atoms with Gasteiger partial charge in [0.2, 0.25) is 5.91 Å². The number of rotatable bonds is 3. The highest BCUT2D eigenvalue weighted by Gasteiger charge is 2.34. The molecule has 1 aromatic heterocycles. The summed E-state index contributed by atoms with van der Waals surface area (Å²) in [4.78, 5) is 17.1. The molecule has 0 N–H and O–H groups in total. The summed E-state index contributed by atoms with van der Waals surface area (Å²) in [5.74, 6) is 0.348. The summed E-state index contributed by atoms with van der Waals surface area (Å²) in [7, 11) is 1.93. The molecule has 2 atom stereocenters. The first-order valence-electron chi connectivity index (χ1n) is 8.33. The van der Waals surface area contributed by atoms with Crippen molar-refractivity contribution in [3.05, 3.63) is 12.4 Å². The second kappa shape index (κ2) is 6.69. The molecular weight excluding hydrogens is 280 g/mol. The summed E-state index contributed by atoms with van der Waals surface area (Å²) in [5, 5.41) is 4.22. The predicted octanol–water partition coefficient (Wildman–Crippen LogP) is 1.27. The van der Waals surface area contributed by atoms with Gasteiger partial charge in [0.15, 0.2) is 0 Å². The Balaban J connectivity index is 1.57. The first-order chi connectivity index (χ1) is 10.7. The molecule has 2 saturated heterocycles. The van der Waals surface area contributed by atoms with E-state index in [0.717, 1.165) is 57.7 Å². The summed E-state index contributed by atoms with van der Waals surface area (Å²) < 4.78 is 7.59. The number of hydrogen-bond donors (Lipinski definition) is 0. The Morgan fingerprint density at radius 2 is 2.14 bits per heavy atom. The van der Waals surface area contributed by atoms with Crippen molar-refractivity contribution < 1.29 is 9.53 Å². The van der Waals surface area contributed by atoms with Crippen LogP contribution in [0.2, 0.25) is 0 Å². The Labute approximate surface area is 132 Å². The second-order valence-electron chi connectivity index (χ2n) is 6.25. The van der Waals surface area contributed by atoms with E-state index >= 15 is 0 Å². The number of carbonyl (C=O) groups excluding carboxylic acids is 1. The number of anilines is 1. The summed E-state index contributed by atoms with van der Waals surface area (Å²) in [6.07, 6.45) is 6.92. The summed E-state index contributed by atoms with van der Waals surface area (Å²) in [6.45, 7) is 6.25. The number of amides is 1. The molecule has 0 radical (unpaired) electrons. The minimum atomic E-state index is 0.0590. The van der Waals surface area contributed by atoms with Crippen LogP contribution in [0.4, 0.5) is 5.69 Å². The Hall–Kier alpha value is -1.56. The molecule has 1 amide bonds. The third-order valence-electron chi connectivity index (χ3n) is 4.81. The number of ether oxygens (including phenoxy) is 1. The van der Waals surface area contributed by atoms with Crippen LogP contribution in [0.15, 0.2) is 12.4 Å². The molecule has 0 aromatic carbocycles. The molecule has 22 heavy (non-hydrogen) atoms. The Bertz CT molecular complexity index is 508. The molecule has 6 nitrogen and oxygen atoms in total. The van der Waals surface area contributed by atoms with Crippen molar-refractivity contribution in [2.45, 2.75) is 32.3 Å². The van der Waals surface area contributed by atoms with Gasteiger partial charge in [-0.25, -0.2) is 0 Å². The zero-order valence-electron chi connectivity index (χ0n) is 13.6. The van der Waals surface area contributed by atoms with Crippen LogP contribution in [0.25, 0.3) is 0 Å². The van der Waals surface area contributed by atoms with Gasteiger partial charge in [-0.3, -0.25) is 9.48 Å². The van der Waals surface area contributed by atoms with E-state index in [1.54, 1.807) is 0 Å². The second-order valence-corrected chi connectivity index (χ2v) is 6.25. The van der Waals surface area contributed by atoms with Crippen molar-refractivity contribution in [3.63, 3.8) is 0 Å². The van der Waals surface area contributed by atoms with Crippen LogP contribution < -0.4 is 4.90 Å². The van der Waals surface area contributed by atoms with E-state index in [1.807, 2.05) is 29.0 Å². The Kier molecular flexibility index (Phi) is 4.66. The quantitative estimate of drug-likeness (QED) is 0.844. The lowest BCUT2D eigenvalue weighted by atomic mass is 9.91. The van der Waals surface area contributed by atoms with Gasteiger partial charge in [0.1, 0.15) is 0 Å². The normalized spacial score (nSPS) is 26.3. The summed E-state index contributed by atoms with van der Waals surface area (Å²) >= 11 is 0. The van der Waals surface area contributed by atoms with E-state index in [2.05, 4.69) is 16.9 Å². The van der Waals surface area contributed by atoms with Crippen LogP contribution in [0.5, 0.6) is 0 Å². The van der Waals surface area contributed by atoms with E-state index in [1.165, 1.54) is 0 Å². The molecular formula is C16H26N4O2. The summed E-state index contributed by atoms with van der Waals surface area (Å²) in [5.41, 5.74) is 1.14. The Morgan fingerprint density at radius 3 is 2.77 bits per heavy atom. The predicted molar refractivity (Wildman–Crippen MR) is 84.8 cm³/mol. The number of carbonyl (C=O) groups is 1. The van der Waals surface area contributed by atoms with Crippen molar-refractivity contribution in [3.8, 4) is 0 Å². The van der Waals surface area contributed by atoms with Crippen LogP contribution in [0.1, 0.15) is 26.2 Å². The molecule has 0 bridgehead atoms. The third-order valence-corrected chi connectivity index (χ3v) is 4.81. The van der Waals surface area contributed by atoms with E-state index in [-0.39, 0.29) is 17.9 Å². The van der Waals surface area contributed by atoms with Gasteiger partial charge in [0.25, 0.3) is 0 Å². The van der Waals surface area contributed by atoms with Crippen LogP contribution in [0.3, 0.4) is 0 Å². The minimum absolute atomic E-state index is 0.0590. The van der Waals surface area contributed by atoms with Crippen molar-refractivity contribution in [2.24, 2.45) is 13.0 Å². The molecule has 3 rings (SSSR count). The van der Waals surface area contributed by atoms with Crippen LogP contribution in [-0.2, 0) is 16.6 Å². The fraction of sp³-hybridized carbons (Fsp3) is 0.750. The van der Waals surface area contributed by atoms with Crippen molar-refractivity contribution in [1.29, 1.82) is 0 Å². The van der Waals surface area contributed by atoms with E-state index in [4.69, 9.17) is 4.74 Å². The topological polar surface area (TPSA) is 50.6 Å². The van der Waals surface area contributed by atoms with Gasteiger partial charge in [0, 0.05) is 46.0 Å². The van der Waals surface area contributed by atoms with E-state index in [9.17, 15) is 4.79 Å². The largest absolute Gasteiger partial charge is 0.377 e. The van der Waals surface area contributed by atoms with Crippen LogP contribution in [-0.4, -0.2) is 59.5 Å². The average molecular weight is 306 g/mol. The summed E-state index contributed by atoms with van der Waals surface area (Å²) in [6, 6.07) is 0. The van der Waals surface area contributed by atoms with Gasteiger partial charge < -0.3 is 14.5 Å². The van der Waals surface area contributed by atoms with E-state index < -0.39 is 0 Å². The van der Waals surface area contributed by atoms with Crippen molar-refractivity contribution in [1.82, 2.24) is 14.7 Å². The Morgan fingerprint density at radius 1 is 1.36 bits per heavy atom. The molecule has 1 aromatic rings. The maximum atomic E-state index is 12.8. The lowest BCUT2D eigenvalue weighted by molar-refractivity contribution is -0.145. The SMILES string of the molecule is CC[C@@H]1OCCC[C@H]1C(=O)N1CCN(c2cnn(C)c2)CC1. The average Bonchev–Trinajstić information content (AvgIpc) is 3.01. The van der Waals surface area contributed by atoms with Gasteiger partial charge in [0.05, 0.1) is 23.9 Å². The maximum absolute atomic E-state index is 12.8. The van der Waals surface area contributed by atoms with Gasteiger partial charge in [-0.15, -0.1) is 0 Å². The number of hydrogen-bond acceptors (Lipinski definition) is 4. The van der Waals surface area contributed by atoms with Gasteiger partial charge in [-0.1, -0.05) is 6.92 Å². The van der Waals surface area contributed by atoms with E-state index in [0.29, 0.717) is 0 Å². The highest BCUT2D eigenvalue weighted by atomic mass is 16.5. The number of aromatic nitrogens is 2. The smallest absolute Gasteiger partial charge is 0.228 e. The fourth-order valence-electron chi connectivity index (χ4n) is 3.52.